The van der Waals surface area contributed by atoms with Gasteiger partial charge in [-0.2, -0.15) is 0 Å². The van der Waals surface area contributed by atoms with E-state index < -0.39 is 0 Å². The van der Waals surface area contributed by atoms with Crippen molar-refractivity contribution in [1.29, 1.82) is 0 Å². The Morgan fingerprint density at radius 2 is 0.673 bits per heavy atom. The molecule has 0 spiro atoms. The van der Waals surface area contributed by atoms with Crippen LogP contribution in [-0.4, -0.2) is 0 Å². The molecular weight excluding hydrogens is 669 g/mol. The number of nitrogens with zero attached hydrogens (tertiary/aromatic N) is 2. The third kappa shape index (κ3) is 5.41. The number of thiophene rings is 2. The molecule has 0 bridgehead atoms. The summed E-state index contributed by atoms with van der Waals surface area (Å²) in [5.41, 5.74) is 9.29. The highest BCUT2D eigenvalue weighted by Crippen LogP contribution is 2.43. The fraction of sp³-hybridized carbons (Fsp3) is 0. The Bertz CT molecular complexity index is 2800. The van der Waals surface area contributed by atoms with Crippen molar-refractivity contribution in [2.75, 3.05) is 9.80 Å². The van der Waals surface area contributed by atoms with Crippen molar-refractivity contribution < 1.29 is 0 Å². The van der Waals surface area contributed by atoms with Gasteiger partial charge < -0.3 is 9.80 Å². The number of hydrogen-bond donors (Lipinski definition) is 0. The van der Waals surface area contributed by atoms with Crippen LogP contribution in [-0.2, 0) is 0 Å². The summed E-state index contributed by atoms with van der Waals surface area (Å²) in [6.45, 7) is 0. The van der Waals surface area contributed by atoms with Crippen LogP contribution in [0.3, 0.4) is 0 Å². The lowest BCUT2D eigenvalue weighted by Gasteiger charge is -2.25. The van der Waals surface area contributed by atoms with Gasteiger partial charge in [0.05, 0.1) is 0 Å². The van der Waals surface area contributed by atoms with E-state index in [0.717, 1.165) is 34.1 Å². The van der Waals surface area contributed by atoms with Crippen LogP contribution in [0.5, 0.6) is 0 Å². The van der Waals surface area contributed by atoms with Crippen molar-refractivity contribution in [3.63, 3.8) is 0 Å². The van der Waals surface area contributed by atoms with E-state index in [1.54, 1.807) is 0 Å². The van der Waals surface area contributed by atoms with E-state index in [0.29, 0.717) is 0 Å². The number of benzene rings is 8. The van der Waals surface area contributed by atoms with E-state index in [9.17, 15) is 0 Å². The highest BCUT2D eigenvalue weighted by Gasteiger charge is 2.17. The minimum atomic E-state index is 1.13. The smallest absolute Gasteiger partial charge is 0.0476 e. The van der Waals surface area contributed by atoms with Gasteiger partial charge in [0.2, 0.25) is 0 Å². The van der Waals surface area contributed by atoms with Gasteiger partial charge in [0.25, 0.3) is 0 Å². The van der Waals surface area contributed by atoms with E-state index in [2.05, 4.69) is 204 Å². The maximum atomic E-state index is 2.36. The molecule has 2 nitrogen and oxygen atoms in total. The van der Waals surface area contributed by atoms with E-state index in [4.69, 9.17) is 0 Å². The molecule has 0 radical (unpaired) electrons. The fourth-order valence-electron chi connectivity index (χ4n) is 7.37. The summed E-state index contributed by atoms with van der Waals surface area (Å²) in [5.74, 6) is 0. The lowest BCUT2D eigenvalue weighted by molar-refractivity contribution is 1.29. The molecule has 2 aromatic heterocycles. The first-order valence-electron chi connectivity index (χ1n) is 17.5. The zero-order valence-corrected chi connectivity index (χ0v) is 29.8. The predicted molar refractivity (Wildman–Crippen MR) is 227 cm³/mol. The van der Waals surface area contributed by atoms with Crippen molar-refractivity contribution in [2.45, 2.75) is 0 Å². The van der Waals surface area contributed by atoms with Crippen molar-refractivity contribution >= 4 is 97.1 Å². The van der Waals surface area contributed by atoms with Gasteiger partial charge in [-0.3, -0.25) is 0 Å². The van der Waals surface area contributed by atoms with Gasteiger partial charge in [0, 0.05) is 74.5 Å². The Morgan fingerprint density at radius 3 is 1.33 bits per heavy atom. The molecule has 4 heteroatoms. The minimum Gasteiger partial charge on any atom is -0.310 e. The largest absolute Gasteiger partial charge is 0.310 e. The second-order valence-electron chi connectivity index (χ2n) is 13.0. The molecule has 0 fully saturated rings. The molecule has 246 valence electrons. The first-order chi connectivity index (χ1) is 25.8. The summed E-state index contributed by atoms with van der Waals surface area (Å²) >= 11 is 3.72. The molecule has 0 saturated heterocycles. The average molecular weight is 701 g/mol. The monoisotopic (exact) mass is 700 g/mol. The summed E-state index contributed by atoms with van der Waals surface area (Å²) in [6.07, 6.45) is 0. The van der Waals surface area contributed by atoms with Gasteiger partial charge in [-0.25, -0.2) is 0 Å². The molecule has 0 N–H and O–H groups in total. The van der Waals surface area contributed by atoms with Crippen LogP contribution in [0.15, 0.2) is 194 Å². The summed E-state index contributed by atoms with van der Waals surface area (Å²) in [7, 11) is 0. The Morgan fingerprint density at radius 1 is 0.250 bits per heavy atom. The second kappa shape index (κ2) is 12.8. The maximum absolute atomic E-state index is 2.36. The van der Waals surface area contributed by atoms with Gasteiger partial charge in [-0.1, -0.05) is 103 Å². The molecule has 0 atom stereocenters. The molecule has 0 aliphatic carbocycles. The Balaban J connectivity index is 1.00. The standard InChI is InChI=1S/C48H32N2S2/c1-4-12-35(13-5-1)49(36-14-6-2-7-15-36)39-26-29-46-44(31-39)43-27-22-34(30-47(43)52-46)33-20-23-38(24-21-33)50(37-16-8-3-9-17-37)40-25-28-42-41-18-10-11-19-45(41)51-48(42)32-40/h1-32H. The molecule has 2 heterocycles. The molecule has 10 rings (SSSR count). The Hall–Kier alpha value is -6.20. The van der Waals surface area contributed by atoms with Gasteiger partial charge in [0.15, 0.2) is 0 Å². The van der Waals surface area contributed by atoms with Crippen LogP contribution in [0.25, 0.3) is 51.5 Å². The van der Waals surface area contributed by atoms with Gasteiger partial charge >= 0.3 is 0 Å². The highest BCUT2D eigenvalue weighted by atomic mass is 32.1. The summed E-state index contributed by atoms with van der Waals surface area (Å²) in [5, 5.41) is 5.20. The number of fused-ring (bicyclic) bond motifs is 6. The van der Waals surface area contributed by atoms with Crippen molar-refractivity contribution in [2.24, 2.45) is 0 Å². The van der Waals surface area contributed by atoms with Crippen LogP contribution in [0.4, 0.5) is 34.1 Å². The number of hydrogen-bond acceptors (Lipinski definition) is 4. The predicted octanol–water partition coefficient (Wildman–Crippen LogP) is 15.0. The van der Waals surface area contributed by atoms with Crippen LogP contribution in [0.1, 0.15) is 0 Å². The Labute approximate surface area is 310 Å². The van der Waals surface area contributed by atoms with Gasteiger partial charge in [-0.05, 0) is 102 Å². The summed E-state index contributed by atoms with van der Waals surface area (Å²) in [6, 6.07) is 70.2. The third-order valence-corrected chi connectivity index (χ3v) is 12.1. The molecule has 0 amide bonds. The lowest BCUT2D eigenvalue weighted by atomic mass is 10.0. The zero-order chi connectivity index (χ0) is 34.4. The molecule has 10 aromatic rings. The third-order valence-electron chi connectivity index (χ3n) is 9.84. The van der Waals surface area contributed by atoms with Gasteiger partial charge in [-0.15, -0.1) is 22.7 Å². The van der Waals surface area contributed by atoms with Crippen LogP contribution < -0.4 is 9.80 Å². The molecule has 0 unspecified atom stereocenters. The number of anilines is 6. The Kier molecular flexibility index (Phi) is 7.56. The molecular formula is C48H32N2S2. The summed E-state index contributed by atoms with van der Waals surface area (Å²) < 4.78 is 5.21. The van der Waals surface area contributed by atoms with Crippen molar-refractivity contribution in [3.05, 3.63) is 194 Å². The SMILES string of the molecule is c1ccc(N(c2ccc(-c3ccc4c(c3)sc3ccc(N(c5ccccc5)c5ccccc5)cc34)cc2)c2ccc3c(c2)sc2ccccc23)cc1. The minimum absolute atomic E-state index is 1.13. The molecule has 0 aliphatic rings. The van der Waals surface area contributed by atoms with Crippen LogP contribution in [0, 0.1) is 0 Å². The molecule has 0 aliphatic heterocycles. The number of para-hydroxylation sites is 3. The van der Waals surface area contributed by atoms with E-state index in [1.165, 1.54) is 51.5 Å². The maximum Gasteiger partial charge on any atom is 0.0476 e. The molecule has 0 saturated carbocycles. The number of rotatable bonds is 7. The second-order valence-corrected chi connectivity index (χ2v) is 15.2. The molecule has 52 heavy (non-hydrogen) atoms. The van der Waals surface area contributed by atoms with E-state index in [-0.39, 0.29) is 0 Å². The average Bonchev–Trinajstić information content (AvgIpc) is 3.77. The van der Waals surface area contributed by atoms with Crippen LogP contribution >= 0.6 is 22.7 Å². The first kappa shape index (κ1) is 30.6. The van der Waals surface area contributed by atoms with Crippen molar-refractivity contribution in [1.82, 2.24) is 0 Å². The normalized spacial score (nSPS) is 11.5. The van der Waals surface area contributed by atoms with Gasteiger partial charge in [0.1, 0.15) is 0 Å². The quantitative estimate of drug-likeness (QED) is 0.163. The summed E-state index contributed by atoms with van der Waals surface area (Å²) in [4.78, 5) is 4.69. The zero-order valence-electron chi connectivity index (χ0n) is 28.2. The lowest BCUT2D eigenvalue weighted by Crippen LogP contribution is -2.09. The molecule has 8 aromatic carbocycles. The topological polar surface area (TPSA) is 6.48 Å². The van der Waals surface area contributed by atoms with E-state index in [1.807, 2.05) is 22.7 Å². The fourth-order valence-corrected chi connectivity index (χ4v) is 9.63. The first-order valence-corrected chi connectivity index (χ1v) is 19.1. The van der Waals surface area contributed by atoms with Crippen LogP contribution in [0.2, 0.25) is 0 Å². The van der Waals surface area contributed by atoms with Crippen molar-refractivity contribution in [3.8, 4) is 11.1 Å². The van der Waals surface area contributed by atoms with E-state index >= 15 is 0 Å². The highest BCUT2D eigenvalue weighted by molar-refractivity contribution is 7.26.